The molecular weight excluding hydrogens is 298 g/mol. The lowest BCUT2D eigenvalue weighted by molar-refractivity contribution is 0.199. The molecule has 1 heterocycles. The molecular formula is C13H12BrNOS. The van der Waals surface area contributed by atoms with Crippen LogP contribution in [0.3, 0.4) is 0 Å². The normalized spacial score (nSPS) is 12.4. The fraction of sp³-hybridized carbons (Fsp3) is 0.154. The number of hydrogen-bond donors (Lipinski definition) is 1. The van der Waals surface area contributed by atoms with Crippen molar-refractivity contribution in [3.05, 3.63) is 52.6 Å². The molecule has 2 rings (SSSR count). The van der Waals surface area contributed by atoms with Gasteiger partial charge in [-0.05, 0) is 52.7 Å². The highest BCUT2D eigenvalue weighted by molar-refractivity contribution is 9.10. The Hall–Kier alpha value is -0.840. The molecule has 0 aliphatic rings. The van der Waals surface area contributed by atoms with Crippen molar-refractivity contribution in [1.82, 2.24) is 4.98 Å². The van der Waals surface area contributed by atoms with Crippen LogP contribution in [0.5, 0.6) is 0 Å². The van der Waals surface area contributed by atoms with Gasteiger partial charge in [0.25, 0.3) is 0 Å². The highest BCUT2D eigenvalue weighted by Gasteiger charge is 2.07. The summed E-state index contributed by atoms with van der Waals surface area (Å²) < 4.78 is 0.978. The van der Waals surface area contributed by atoms with E-state index in [2.05, 4.69) is 20.9 Å². The van der Waals surface area contributed by atoms with Gasteiger partial charge in [0.15, 0.2) is 0 Å². The number of halogens is 1. The van der Waals surface area contributed by atoms with Crippen LogP contribution in [0.4, 0.5) is 0 Å². The van der Waals surface area contributed by atoms with Crippen LogP contribution in [0.1, 0.15) is 18.6 Å². The van der Waals surface area contributed by atoms with Crippen LogP contribution in [-0.2, 0) is 0 Å². The number of benzene rings is 1. The van der Waals surface area contributed by atoms with E-state index in [0.29, 0.717) is 0 Å². The number of nitrogens with zero attached hydrogens (tertiary/aromatic N) is 1. The van der Waals surface area contributed by atoms with E-state index < -0.39 is 6.10 Å². The molecule has 0 aliphatic carbocycles. The van der Waals surface area contributed by atoms with E-state index in [4.69, 9.17) is 0 Å². The summed E-state index contributed by atoms with van der Waals surface area (Å²) in [4.78, 5) is 5.36. The largest absolute Gasteiger partial charge is 0.389 e. The summed E-state index contributed by atoms with van der Waals surface area (Å²) in [6.07, 6.45) is 1.33. The first-order chi connectivity index (χ1) is 8.16. The molecule has 0 radical (unpaired) electrons. The van der Waals surface area contributed by atoms with E-state index in [-0.39, 0.29) is 0 Å². The Morgan fingerprint density at radius 3 is 2.71 bits per heavy atom. The van der Waals surface area contributed by atoms with E-state index in [0.717, 1.165) is 20.0 Å². The van der Waals surface area contributed by atoms with Gasteiger partial charge in [0.05, 0.1) is 6.10 Å². The molecule has 0 aliphatic heterocycles. The third-order valence-electron chi connectivity index (χ3n) is 2.29. The minimum atomic E-state index is -0.444. The van der Waals surface area contributed by atoms with Crippen LogP contribution in [0.15, 0.2) is 57.0 Å². The van der Waals surface area contributed by atoms with Gasteiger partial charge in [-0.25, -0.2) is 4.98 Å². The van der Waals surface area contributed by atoms with Gasteiger partial charge in [0.2, 0.25) is 0 Å². The summed E-state index contributed by atoms with van der Waals surface area (Å²) in [6, 6.07) is 11.7. The van der Waals surface area contributed by atoms with Crippen molar-refractivity contribution in [2.45, 2.75) is 22.9 Å². The number of aliphatic hydroxyl groups excluding tert-OH is 1. The maximum Gasteiger partial charge on any atom is 0.101 e. The molecule has 0 spiro atoms. The van der Waals surface area contributed by atoms with Gasteiger partial charge in [0.1, 0.15) is 5.03 Å². The van der Waals surface area contributed by atoms with Crippen molar-refractivity contribution < 1.29 is 5.11 Å². The molecule has 1 aromatic heterocycles. The minimum absolute atomic E-state index is 0.444. The molecule has 1 aromatic carbocycles. The lowest BCUT2D eigenvalue weighted by atomic mass is 10.1. The number of pyridine rings is 1. The van der Waals surface area contributed by atoms with Crippen LogP contribution >= 0.6 is 27.7 Å². The number of rotatable bonds is 3. The topological polar surface area (TPSA) is 33.1 Å². The first-order valence-electron chi connectivity index (χ1n) is 5.23. The van der Waals surface area contributed by atoms with Crippen LogP contribution in [0, 0.1) is 0 Å². The predicted molar refractivity (Wildman–Crippen MR) is 73.1 cm³/mol. The molecule has 88 valence electrons. The first kappa shape index (κ1) is 12.6. The number of aromatic nitrogens is 1. The van der Waals surface area contributed by atoms with Gasteiger partial charge in [-0.3, -0.25) is 0 Å². The van der Waals surface area contributed by atoms with Crippen LogP contribution in [0.2, 0.25) is 0 Å². The maximum atomic E-state index is 9.49. The van der Waals surface area contributed by atoms with Crippen molar-refractivity contribution in [3.8, 4) is 0 Å². The van der Waals surface area contributed by atoms with Crippen molar-refractivity contribution in [2.75, 3.05) is 0 Å². The molecule has 0 saturated carbocycles. The molecule has 17 heavy (non-hydrogen) atoms. The Morgan fingerprint density at radius 1 is 1.29 bits per heavy atom. The zero-order chi connectivity index (χ0) is 12.3. The van der Waals surface area contributed by atoms with Gasteiger partial charge in [-0.1, -0.05) is 23.9 Å². The average Bonchev–Trinajstić information content (AvgIpc) is 2.33. The molecule has 1 N–H and O–H groups in total. The fourth-order valence-corrected chi connectivity index (χ4v) is 2.80. The average molecular weight is 310 g/mol. The minimum Gasteiger partial charge on any atom is -0.389 e. The van der Waals surface area contributed by atoms with Gasteiger partial charge in [-0.2, -0.15) is 0 Å². The van der Waals surface area contributed by atoms with Crippen LogP contribution in [0.25, 0.3) is 0 Å². The number of hydrogen-bond acceptors (Lipinski definition) is 3. The van der Waals surface area contributed by atoms with Crippen molar-refractivity contribution in [3.63, 3.8) is 0 Å². The van der Waals surface area contributed by atoms with E-state index in [1.54, 1.807) is 24.9 Å². The second-order valence-electron chi connectivity index (χ2n) is 3.64. The Morgan fingerprint density at radius 2 is 2.12 bits per heavy atom. The van der Waals surface area contributed by atoms with Crippen LogP contribution in [-0.4, -0.2) is 10.1 Å². The highest BCUT2D eigenvalue weighted by atomic mass is 79.9. The summed E-state index contributed by atoms with van der Waals surface area (Å²) in [5.41, 5.74) is 0.905. The molecule has 2 nitrogen and oxygen atoms in total. The first-order valence-corrected chi connectivity index (χ1v) is 6.84. The van der Waals surface area contributed by atoms with Gasteiger partial charge >= 0.3 is 0 Å². The Kier molecular flexibility index (Phi) is 4.20. The zero-order valence-electron chi connectivity index (χ0n) is 9.30. The van der Waals surface area contributed by atoms with E-state index >= 15 is 0 Å². The Balaban J connectivity index is 2.23. The predicted octanol–water partition coefficient (Wildman–Crippen LogP) is 4.05. The van der Waals surface area contributed by atoms with Crippen molar-refractivity contribution in [2.24, 2.45) is 0 Å². The SMILES string of the molecule is C[C@@H](O)c1ccc(Sc2ccccn2)c(Br)c1. The summed E-state index contributed by atoms with van der Waals surface area (Å²) in [5, 5.41) is 10.4. The lowest BCUT2D eigenvalue weighted by Gasteiger charge is -2.08. The molecule has 0 saturated heterocycles. The van der Waals surface area contributed by atoms with Crippen molar-refractivity contribution in [1.29, 1.82) is 0 Å². The molecule has 2 aromatic rings. The van der Waals surface area contributed by atoms with Crippen molar-refractivity contribution >= 4 is 27.7 Å². The summed E-state index contributed by atoms with van der Waals surface area (Å²) in [6.45, 7) is 1.76. The lowest BCUT2D eigenvalue weighted by Crippen LogP contribution is -1.91. The quantitative estimate of drug-likeness (QED) is 0.928. The second kappa shape index (κ2) is 5.67. The summed E-state index contributed by atoms with van der Waals surface area (Å²) >= 11 is 5.11. The molecule has 1 atom stereocenters. The molecule has 0 amide bonds. The third kappa shape index (κ3) is 3.31. The molecule has 0 unspecified atom stereocenters. The monoisotopic (exact) mass is 309 g/mol. The van der Waals surface area contributed by atoms with E-state index in [9.17, 15) is 5.11 Å². The van der Waals surface area contributed by atoms with Crippen LogP contribution < -0.4 is 0 Å². The summed E-state index contributed by atoms with van der Waals surface area (Å²) in [7, 11) is 0. The Labute approximate surface area is 113 Å². The summed E-state index contributed by atoms with van der Waals surface area (Å²) in [5.74, 6) is 0. The standard InChI is InChI=1S/C13H12BrNOS/c1-9(16)10-5-6-12(11(14)8-10)17-13-4-2-3-7-15-13/h2-9,16H,1H3/t9-/m1/s1. The molecule has 0 fully saturated rings. The van der Waals surface area contributed by atoms with Gasteiger partial charge in [0, 0.05) is 15.6 Å². The number of aliphatic hydroxyl groups is 1. The fourth-order valence-electron chi connectivity index (χ4n) is 1.38. The zero-order valence-corrected chi connectivity index (χ0v) is 11.7. The Bertz CT molecular complexity index is 502. The van der Waals surface area contributed by atoms with Gasteiger partial charge in [-0.15, -0.1) is 0 Å². The highest BCUT2D eigenvalue weighted by Crippen LogP contribution is 2.33. The molecule has 4 heteroatoms. The smallest absolute Gasteiger partial charge is 0.101 e. The second-order valence-corrected chi connectivity index (χ2v) is 5.55. The third-order valence-corrected chi connectivity index (χ3v) is 4.24. The maximum absolute atomic E-state index is 9.49. The van der Waals surface area contributed by atoms with Gasteiger partial charge < -0.3 is 5.11 Å². The molecule has 0 bridgehead atoms. The van der Waals surface area contributed by atoms with E-state index in [1.807, 2.05) is 36.4 Å². The van der Waals surface area contributed by atoms with E-state index in [1.165, 1.54) is 0 Å².